The molecule has 0 aliphatic carbocycles. The lowest BCUT2D eigenvalue weighted by atomic mass is 10.1. The third-order valence-electron chi connectivity index (χ3n) is 4.31. The molecule has 1 unspecified atom stereocenters. The van der Waals surface area contributed by atoms with Crippen molar-refractivity contribution in [1.82, 2.24) is 10.2 Å². The van der Waals surface area contributed by atoms with Gasteiger partial charge in [-0.3, -0.25) is 4.79 Å². The van der Waals surface area contributed by atoms with Crippen molar-refractivity contribution in [3.05, 3.63) is 36.5 Å². The quantitative estimate of drug-likeness (QED) is 0.921. The largest absolute Gasteiger partial charge is 0.484 e. The van der Waals surface area contributed by atoms with Crippen molar-refractivity contribution in [3.63, 3.8) is 0 Å². The molecule has 1 aromatic rings. The molecule has 2 saturated heterocycles. The fourth-order valence-corrected chi connectivity index (χ4v) is 2.85. The van der Waals surface area contributed by atoms with Crippen LogP contribution in [0.4, 0.5) is 5.69 Å². The maximum absolute atomic E-state index is 11.3. The Labute approximate surface area is 131 Å². The first-order chi connectivity index (χ1) is 10.6. The van der Waals surface area contributed by atoms with E-state index in [4.69, 9.17) is 4.74 Å². The number of nitrogens with one attached hydrogen (secondary N) is 1. The fraction of sp³-hybridized carbons (Fsp3) is 0.471. The Hall–Kier alpha value is -2.01. The zero-order chi connectivity index (χ0) is 15.5. The van der Waals surface area contributed by atoms with Crippen molar-refractivity contribution in [3.8, 4) is 5.75 Å². The zero-order valence-electron chi connectivity index (χ0n) is 13.0. The molecule has 5 heteroatoms. The summed E-state index contributed by atoms with van der Waals surface area (Å²) in [6.07, 6.45) is 1.04. The van der Waals surface area contributed by atoms with E-state index in [1.165, 1.54) is 5.69 Å². The Kier molecular flexibility index (Phi) is 4.34. The van der Waals surface area contributed by atoms with E-state index in [1.807, 2.05) is 12.1 Å². The monoisotopic (exact) mass is 301 g/mol. The SMILES string of the molecule is C=C1NC(=O)CCC1Oc1ccc(N2CCN(C)CC2)cc1. The van der Waals surface area contributed by atoms with Gasteiger partial charge < -0.3 is 19.9 Å². The number of amides is 1. The Balaban J connectivity index is 1.59. The van der Waals surface area contributed by atoms with Crippen LogP contribution in [0.15, 0.2) is 36.5 Å². The topological polar surface area (TPSA) is 44.8 Å². The highest BCUT2D eigenvalue weighted by Gasteiger charge is 2.23. The van der Waals surface area contributed by atoms with Crippen LogP contribution in [0.3, 0.4) is 0 Å². The molecular weight excluding hydrogens is 278 g/mol. The third kappa shape index (κ3) is 3.42. The van der Waals surface area contributed by atoms with Crippen molar-refractivity contribution in [2.75, 3.05) is 38.1 Å². The highest BCUT2D eigenvalue weighted by Crippen LogP contribution is 2.24. The minimum atomic E-state index is -0.132. The lowest BCUT2D eigenvalue weighted by Crippen LogP contribution is -2.44. The number of likely N-dealkylation sites (N-methyl/N-ethyl adjacent to an activating group) is 1. The molecule has 2 heterocycles. The molecule has 0 saturated carbocycles. The van der Waals surface area contributed by atoms with E-state index in [1.54, 1.807) is 0 Å². The summed E-state index contributed by atoms with van der Waals surface area (Å²) in [7, 11) is 2.16. The van der Waals surface area contributed by atoms with Gasteiger partial charge >= 0.3 is 0 Å². The summed E-state index contributed by atoms with van der Waals surface area (Å²) >= 11 is 0. The number of rotatable bonds is 3. The molecule has 1 amide bonds. The van der Waals surface area contributed by atoms with Crippen molar-refractivity contribution < 1.29 is 9.53 Å². The molecule has 1 aromatic carbocycles. The lowest BCUT2D eigenvalue weighted by molar-refractivity contribution is -0.122. The minimum Gasteiger partial charge on any atom is -0.484 e. The molecule has 0 radical (unpaired) electrons. The first kappa shape index (κ1) is 14.9. The summed E-state index contributed by atoms with van der Waals surface area (Å²) < 4.78 is 5.93. The molecule has 1 N–H and O–H groups in total. The van der Waals surface area contributed by atoms with E-state index in [2.05, 4.69) is 40.9 Å². The fourth-order valence-electron chi connectivity index (χ4n) is 2.85. The molecule has 2 aliphatic rings. The summed E-state index contributed by atoms with van der Waals surface area (Å²) in [5.74, 6) is 0.843. The van der Waals surface area contributed by atoms with E-state index in [0.29, 0.717) is 18.5 Å². The molecule has 3 rings (SSSR count). The van der Waals surface area contributed by atoms with Gasteiger partial charge in [-0.2, -0.15) is 0 Å². The summed E-state index contributed by atoms with van der Waals surface area (Å²) in [5.41, 5.74) is 1.88. The van der Waals surface area contributed by atoms with Gasteiger partial charge in [0, 0.05) is 38.3 Å². The molecule has 2 aliphatic heterocycles. The minimum absolute atomic E-state index is 0.0234. The third-order valence-corrected chi connectivity index (χ3v) is 4.31. The van der Waals surface area contributed by atoms with E-state index in [-0.39, 0.29) is 12.0 Å². The van der Waals surface area contributed by atoms with Gasteiger partial charge in [0.05, 0.1) is 5.70 Å². The van der Waals surface area contributed by atoms with E-state index in [9.17, 15) is 4.79 Å². The van der Waals surface area contributed by atoms with Gasteiger partial charge in [-0.15, -0.1) is 0 Å². The molecule has 5 nitrogen and oxygen atoms in total. The van der Waals surface area contributed by atoms with Crippen LogP contribution in [0.1, 0.15) is 12.8 Å². The highest BCUT2D eigenvalue weighted by atomic mass is 16.5. The van der Waals surface area contributed by atoms with Gasteiger partial charge in [-0.05, 0) is 37.7 Å². The Bertz CT molecular complexity index is 548. The van der Waals surface area contributed by atoms with Crippen LogP contribution in [0, 0.1) is 0 Å². The summed E-state index contributed by atoms with van der Waals surface area (Å²) in [5, 5.41) is 2.75. The Morgan fingerprint density at radius 3 is 2.50 bits per heavy atom. The molecule has 0 bridgehead atoms. The first-order valence-electron chi connectivity index (χ1n) is 7.81. The smallest absolute Gasteiger partial charge is 0.224 e. The van der Waals surface area contributed by atoms with E-state index >= 15 is 0 Å². The van der Waals surface area contributed by atoms with Gasteiger partial charge in [0.15, 0.2) is 0 Å². The number of anilines is 1. The summed E-state index contributed by atoms with van der Waals surface area (Å²) in [6.45, 7) is 8.18. The van der Waals surface area contributed by atoms with Gasteiger partial charge in [0.1, 0.15) is 11.9 Å². The number of piperidine rings is 1. The number of piperazine rings is 1. The number of carbonyl (C=O) groups excluding carboxylic acids is 1. The maximum Gasteiger partial charge on any atom is 0.224 e. The van der Waals surface area contributed by atoms with Crippen LogP contribution >= 0.6 is 0 Å². The molecule has 0 spiro atoms. The lowest BCUT2D eigenvalue weighted by Gasteiger charge is -2.34. The number of nitrogens with zero attached hydrogens (tertiary/aromatic N) is 2. The van der Waals surface area contributed by atoms with Crippen LogP contribution in [-0.4, -0.2) is 50.1 Å². The van der Waals surface area contributed by atoms with Gasteiger partial charge in [0.25, 0.3) is 0 Å². The second kappa shape index (κ2) is 6.40. The van der Waals surface area contributed by atoms with Crippen molar-refractivity contribution in [2.45, 2.75) is 18.9 Å². The van der Waals surface area contributed by atoms with Crippen LogP contribution in [-0.2, 0) is 4.79 Å². The van der Waals surface area contributed by atoms with Gasteiger partial charge in [-0.1, -0.05) is 6.58 Å². The first-order valence-corrected chi connectivity index (χ1v) is 7.81. The number of carbonyl (C=O) groups is 1. The molecule has 2 fully saturated rings. The number of ether oxygens (including phenoxy) is 1. The number of hydrogen-bond donors (Lipinski definition) is 1. The zero-order valence-corrected chi connectivity index (χ0v) is 13.0. The second-order valence-electron chi connectivity index (χ2n) is 6.00. The second-order valence-corrected chi connectivity index (χ2v) is 6.00. The predicted molar refractivity (Wildman–Crippen MR) is 87.1 cm³/mol. The standard InChI is InChI=1S/C17H23N3O2/c1-13-16(7-8-17(21)18-13)22-15-5-3-14(4-6-15)20-11-9-19(2)10-12-20/h3-6,16H,1,7-12H2,2H3,(H,18,21). The molecule has 1 atom stereocenters. The van der Waals surface area contributed by atoms with Crippen molar-refractivity contribution in [1.29, 1.82) is 0 Å². The maximum atomic E-state index is 11.3. The Morgan fingerprint density at radius 1 is 1.18 bits per heavy atom. The molecule has 22 heavy (non-hydrogen) atoms. The Morgan fingerprint density at radius 2 is 1.86 bits per heavy atom. The van der Waals surface area contributed by atoms with Crippen molar-refractivity contribution >= 4 is 11.6 Å². The van der Waals surface area contributed by atoms with Gasteiger partial charge in [0.2, 0.25) is 5.91 Å². The van der Waals surface area contributed by atoms with Crippen LogP contribution in [0.2, 0.25) is 0 Å². The summed E-state index contributed by atoms with van der Waals surface area (Å²) in [6, 6.07) is 8.20. The van der Waals surface area contributed by atoms with Crippen LogP contribution < -0.4 is 15.0 Å². The molecule has 118 valence electrons. The predicted octanol–water partition coefficient (Wildman–Crippen LogP) is 1.61. The average Bonchev–Trinajstić information content (AvgIpc) is 2.52. The number of benzene rings is 1. The van der Waals surface area contributed by atoms with E-state index < -0.39 is 0 Å². The van der Waals surface area contributed by atoms with E-state index in [0.717, 1.165) is 31.9 Å². The molecular formula is C17H23N3O2. The van der Waals surface area contributed by atoms with Crippen LogP contribution in [0.5, 0.6) is 5.75 Å². The highest BCUT2D eigenvalue weighted by molar-refractivity contribution is 5.79. The van der Waals surface area contributed by atoms with Crippen molar-refractivity contribution in [2.24, 2.45) is 0 Å². The van der Waals surface area contributed by atoms with Crippen LogP contribution in [0.25, 0.3) is 0 Å². The molecule has 0 aromatic heterocycles. The average molecular weight is 301 g/mol. The summed E-state index contributed by atoms with van der Waals surface area (Å²) in [4.78, 5) is 16.0. The number of hydrogen-bond acceptors (Lipinski definition) is 4. The van der Waals surface area contributed by atoms with Gasteiger partial charge in [-0.25, -0.2) is 0 Å². The normalized spacial score (nSPS) is 23.3.